The lowest BCUT2D eigenvalue weighted by Gasteiger charge is -2.26. The smallest absolute Gasteiger partial charge is 0.387 e. The highest BCUT2D eigenvalue weighted by Crippen LogP contribution is 2.71. The zero-order valence-electron chi connectivity index (χ0n) is 37.7. The number of rotatable bonds is 20. The molecular formula is C33H47N12O23P4S+. The number of anilines is 2. The van der Waals surface area contributed by atoms with E-state index in [0.29, 0.717) is 0 Å². The van der Waals surface area contributed by atoms with Crippen LogP contribution in [0.2, 0.25) is 0 Å². The van der Waals surface area contributed by atoms with Crippen molar-refractivity contribution in [3.05, 3.63) is 62.4 Å². The van der Waals surface area contributed by atoms with Gasteiger partial charge in [0.1, 0.15) is 54.6 Å². The number of nitrogens with zero attached hydrogens (tertiary/aromatic N) is 8. The van der Waals surface area contributed by atoms with Crippen LogP contribution in [0.4, 0.5) is 11.8 Å². The first-order chi connectivity index (χ1) is 34.2. The molecule has 5 aromatic rings. The predicted octanol–water partition coefficient (Wildman–Crippen LogP) is -2.49. The number of fused-ring (bicyclic) bond motifs is 2. The SMILES string of the molecule is CC[C@H]1[C@@H](O)[C@H]([n+]2cn(C)c3c(=O)[nH]c(N)nc32)O[C@@H]1CSP(=O)(O)OP(=O)(O)OP(=O)(O)OC[C@H]1O[C@@H](n2cnc3c(N)ncnc32)[C@H](OC)[C@@H]1OP(=O)(O)OC[C@H]1O[C@@H](n2ccc(=O)[nH]c2=O)[C@H](O)[C@@H]1O. The molecule has 0 bridgehead atoms. The zero-order valence-corrected chi connectivity index (χ0v) is 42.1. The number of phosphoric acid groups is 3. The molecule has 35 nitrogen and oxygen atoms in total. The lowest BCUT2D eigenvalue weighted by molar-refractivity contribution is -0.745. The van der Waals surface area contributed by atoms with E-state index in [4.69, 9.17) is 44.0 Å². The molecule has 402 valence electrons. The fourth-order valence-electron chi connectivity index (χ4n) is 8.38. The van der Waals surface area contributed by atoms with Gasteiger partial charge in [-0.3, -0.25) is 46.8 Å². The van der Waals surface area contributed by atoms with Crippen molar-refractivity contribution in [3.63, 3.8) is 0 Å². The van der Waals surface area contributed by atoms with Crippen molar-refractivity contribution in [2.24, 2.45) is 13.0 Å². The monoisotopic (exact) mass is 1140 g/mol. The molecule has 5 aromatic heterocycles. The molecule has 8 rings (SSSR count). The second kappa shape index (κ2) is 21.1. The minimum absolute atomic E-state index is 0.0244. The van der Waals surface area contributed by atoms with E-state index in [2.05, 4.69) is 33.5 Å². The molecule has 40 heteroatoms. The summed E-state index contributed by atoms with van der Waals surface area (Å²) in [7, 11) is -14.7. The summed E-state index contributed by atoms with van der Waals surface area (Å²) in [6, 6.07) is 0.932. The summed E-state index contributed by atoms with van der Waals surface area (Å²) in [6.45, 7) is -5.85. The number of aromatic amines is 2. The van der Waals surface area contributed by atoms with Crippen LogP contribution in [0, 0.1) is 5.92 Å². The Morgan fingerprint density at radius 3 is 2.23 bits per heavy atom. The van der Waals surface area contributed by atoms with Gasteiger partial charge in [0.2, 0.25) is 11.7 Å². The lowest BCUT2D eigenvalue weighted by Crippen LogP contribution is -2.45. The van der Waals surface area contributed by atoms with E-state index in [1.165, 1.54) is 27.1 Å². The summed E-state index contributed by atoms with van der Waals surface area (Å²) in [6.07, 6.45) is -12.2. The molecular weight excluding hydrogens is 1090 g/mol. The highest BCUT2D eigenvalue weighted by molar-refractivity contribution is 8.55. The van der Waals surface area contributed by atoms with E-state index < -0.39 is 139 Å². The van der Waals surface area contributed by atoms with E-state index in [9.17, 15) is 67.5 Å². The summed E-state index contributed by atoms with van der Waals surface area (Å²) >= 11 is 0.0427. The van der Waals surface area contributed by atoms with Gasteiger partial charge in [0.15, 0.2) is 30.2 Å². The zero-order chi connectivity index (χ0) is 53.1. The van der Waals surface area contributed by atoms with E-state index in [1.807, 2.05) is 4.98 Å². The van der Waals surface area contributed by atoms with Gasteiger partial charge in [-0.05, 0) is 17.8 Å². The Kier molecular flexibility index (Phi) is 15.9. The van der Waals surface area contributed by atoms with Crippen LogP contribution < -0.4 is 32.8 Å². The Morgan fingerprint density at radius 2 is 1.53 bits per heavy atom. The van der Waals surface area contributed by atoms with Gasteiger partial charge >= 0.3 is 41.6 Å². The summed E-state index contributed by atoms with van der Waals surface area (Å²) < 4.78 is 105. The van der Waals surface area contributed by atoms with Crippen LogP contribution in [0.25, 0.3) is 22.3 Å². The molecule has 13 N–H and O–H groups in total. The van der Waals surface area contributed by atoms with Crippen molar-refractivity contribution in [3.8, 4) is 0 Å². The average molecular weight is 1140 g/mol. The third kappa shape index (κ3) is 11.6. The van der Waals surface area contributed by atoms with Crippen LogP contribution in [0.1, 0.15) is 32.0 Å². The number of nitrogens with one attached hydrogen (secondary N) is 2. The van der Waals surface area contributed by atoms with E-state index in [0.717, 1.165) is 36.6 Å². The number of H-pyrrole nitrogens is 2. The molecule has 3 saturated heterocycles. The predicted molar refractivity (Wildman–Crippen MR) is 242 cm³/mol. The molecule has 3 fully saturated rings. The minimum atomic E-state index is -6.04. The van der Waals surface area contributed by atoms with Gasteiger partial charge in [-0.25, -0.2) is 42.6 Å². The highest BCUT2D eigenvalue weighted by atomic mass is 32.7. The maximum atomic E-state index is 13.6. The summed E-state index contributed by atoms with van der Waals surface area (Å²) in [4.78, 5) is 99.7. The number of aromatic nitrogens is 10. The van der Waals surface area contributed by atoms with Gasteiger partial charge in [0.25, 0.3) is 17.1 Å². The largest absolute Gasteiger partial charge is 0.488 e. The molecule has 8 heterocycles. The topological polar surface area (TPSA) is 498 Å². The lowest BCUT2D eigenvalue weighted by atomic mass is 9.96. The number of phosphoric ester groups is 2. The Bertz CT molecular complexity index is 3250. The van der Waals surface area contributed by atoms with Crippen molar-refractivity contribution in [1.82, 2.24) is 43.6 Å². The van der Waals surface area contributed by atoms with Crippen LogP contribution in [0.3, 0.4) is 0 Å². The second-order valence-electron chi connectivity index (χ2n) is 16.3. The summed E-state index contributed by atoms with van der Waals surface area (Å²) in [5.41, 5.74) is 9.51. The summed E-state index contributed by atoms with van der Waals surface area (Å²) in [5.74, 6) is -1.50. The first-order valence-electron chi connectivity index (χ1n) is 21.1. The van der Waals surface area contributed by atoms with Crippen LogP contribution in [0.5, 0.6) is 0 Å². The maximum absolute atomic E-state index is 13.6. The highest BCUT2D eigenvalue weighted by Gasteiger charge is 2.53. The number of nitrogen functional groups attached to an aromatic ring is 2. The maximum Gasteiger partial charge on any atom is 0.488 e. The molecule has 3 aliphatic rings. The molecule has 16 atom stereocenters. The second-order valence-corrected chi connectivity index (χ2v) is 24.8. The number of aliphatic hydroxyl groups is 3. The molecule has 0 radical (unpaired) electrons. The quantitative estimate of drug-likeness (QED) is 0.0284. The molecule has 0 aliphatic carbocycles. The average Bonchev–Trinajstić information content (AvgIpc) is 4.09. The van der Waals surface area contributed by atoms with Gasteiger partial charge in [0.05, 0.1) is 32.7 Å². The molecule has 0 aromatic carbocycles. The Morgan fingerprint density at radius 1 is 0.836 bits per heavy atom. The van der Waals surface area contributed by atoms with Gasteiger partial charge in [-0.15, -0.1) is 0 Å². The minimum Gasteiger partial charge on any atom is -0.387 e. The fourth-order valence-corrected chi connectivity index (χ4v) is 15.4. The van der Waals surface area contributed by atoms with Crippen molar-refractivity contribution >= 4 is 75.7 Å². The number of hydrogen-bond donors (Lipinski definition) is 11. The van der Waals surface area contributed by atoms with Crippen molar-refractivity contribution in [1.29, 1.82) is 0 Å². The number of nitrogens with two attached hydrogens (primary N) is 2. The van der Waals surface area contributed by atoms with Crippen LogP contribution in [0.15, 0.2) is 45.6 Å². The molecule has 0 amide bonds. The molecule has 0 spiro atoms. The van der Waals surface area contributed by atoms with Crippen LogP contribution >= 0.6 is 41.6 Å². The first kappa shape index (κ1) is 55.1. The number of hydrogen-bond acceptors (Lipinski definition) is 26. The molecule has 73 heavy (non-hydrogen) atoms. The molecule has 3 aliphatic heterocycles. The normalized spacial score (nSPS) is 30.9. The van der Waals surface area contributed by atoms with E-state index >= 15 is 0 Å². The summed E-state index contributed by atoms with van der Waals surface area (Å²) in [5, 5.41) is 32.5. The van der Waals surface area contributed by atoms with Gasteiger partial charge < -0.3 is 65.3 Å². The van der Waals surface area contributed by atoms with Gasteiger partial charge in [0, 0.05) is 31.0 Å². The Balaban J connectivity index is 0.935. The third-order valence-corrected chi connectivity index (χ3v) is 19.2. The standard InChI is InChI=1S/C33H46N12O23P4S/c1-4-13-16(65-29(20(13)47)45-12-42(2)19-27(45)40-32(35)41-28(19)50)9-73-72(58,59)68-71(56,57)67-70(54,55)62-8-15-23(24(60-3)31(64-15)44-11-38-18-25(34)36-10-37-26(18)44)66-69(52,53)61-7-14-21(48)22(49)30(63-14)43-6-5-17(46)39-33(43)51/h5-6,10-16,20-24,29-31,47-49H,4,7-9H2,1-3H3,(H9-,34,35,36,37,39,40,41,46,50,51,52,53,54,55,56,57,58,59)/p+1/t13-,14-,15-,16-,20-,21-,22-,23-,24-,29-,30-,31-/m1/s1. The van der Waals surface area contributed by atoms with E-state index in [-0.39, 0.29) is 51.9 Å². The van der Waals surface area contributed by atoms with Gasteiger partial charge in [-0.2, -0.15) is 8.62 Å². The fraction of sp³-hybridized carbons (Fsp3) is 0.576. The Labute approximate surface area is 411 Å². The van der Waals surface area contributed by atoms with E-state index in [1.54, 1.807) is 6.92 Å². The number of ether oxygens (including phenoxy) is 4. The van der Waals surface area contributed by atoms with Crippen LogP contribution in [-0.2, 0) is 66.4 Å². The number of methoxy groups -OCH3 is 1. The molecule has 0 saturated carbocycles. The third-order valence-electron chi connectivity index (χ3n) is 11.6. The number of imidazole rings is 2. The van der Waals surface area contributed by atoms with Crippen molar-refractivity contribution in [2.45, 2.75) is 80.9 Å². The number of aliphatic hydroxyl groups excluding tert-OH is 3. The van der Waals surface area contributed by atoms with Crippen molar-refractivity contribution < 1.29 is 98.9 Å². The first-order valence-corrected chi connectivity index (χ1v) is 28.8. The number of aryl methyl sites for hydroxylation is 1. The van der Waals surface area contributed by atoms with Crippen molar-refractivity contribution in [2.75, 3.05) is 37.5 Å². The van der Waals surface area contributed by atoms with Gasteiger partial charge in [-0.1, -0.05) is 11.9 Å². The molecule has 4 unspecified atom stereocenters. The Hall–Kier alpha value is -4.19. The van der Waals surface area contributed by atoms with Crippen LogP contribution in [-0.4, -0.2) is 153 Å².